The van der Waals surface area contributed by atoms with Crippen LogP contribution in [0.3, 0.4) is 0 Å². The van der Waals surface area contributed by atoms with Gasteiger partial charge in [0.15, 0.2) is 21.3 Å². The van der Waals surface area contributed by atoms with E-state index in [9.17, 15) is 17.6 Å². The summed E-state index contributed by atoms with van der Waals surface area (Å²) >= 11 is 5.73. The van der Waals surface area contributed by atoms with Crippen LogP contribution in [0.2, 0.25) is 5.02 Å². The smallest absolute Gasteiger partial charge is 0.263 e. The highest BCUT2D eigenvalue weighted by molar-refractivity contribution is 7.90. The number of benzene rings is 1. The quantitative estimate of drug-likeness (QED) is 0.656. The molecule has 2 aromatic rings. The van der Waals surface area contributed by atoms with Gasteiger partial charge in [-0.3, -0.25) is 4.79 Å². The fraction of sp³-hybridized carbons (Fsp3) is 0.478. The number of hydrogen-bond donors (Lipinski definition) is 1. The molecule has 2 fully saturated rings. The number of pyridine rings is 1. The Labute approximate surface area is 198 Å². The Balaban J connectivity index is 1.43. The number of ether oxygens (including phenoxy) is 1. The molecule has 1 N–H and O–H groups in total. The fourth-order valence-corrected chi connectivity index (χ4v) is 5.52. The zero-order valence-corrected chi connectivity index (χ0v) is 20.3. The minimum absolute atomic E-state index is 0.0600. The largest absolute Gasteiger partial charge is 0.459 e. The molecular formula is C23H27ClFN3O4S. The fourth-order valence-electron chi connectivity index (χ4n) is 4.72. The molecule has 0 aliphatic carbocycles. The van der Waals surface area contributed by atoms with Gasteiger partial charge < -0.3 is 15.0 Å². The van der Waals surface area contributed by atoms with Gasteiger partial charge in [0.1, 0.15) is 0 Å². The van der Waals surface area contributed by atoms with E-state index in [0.717, 1.165) is 37.4 Å². The van der Waals surface area contributed by atoms with Gasteiger partial charge in [0, 0.05) is 36.3 Å². The Hall–Kier alpha value is -2.39. The zero-order chi connectivity index (χ0) is 24.0. The van der Waals surface area contributed by atoms with E-state index in [4.69, 9.17) is 16.3 Å². The third-order valence-electron chi connectivity index (χ3n) is 6.28. The Bertz CT molecular complexity index is 1160. The highest BCUT2D eigenvalue weighted by Crippen LogP contribution is 2.40. The van der Waals surface area contributed by atoms with Gasteiger partial charge in [-0.1, -0.05) is 17.7 Å². The number of aromatic nitrogens is 1. The number of halogens is 2. The van der Waals surface area contributed by atoms with Crippen LogP contribution in [0, 0.1) is 5.82 Å². The summed E-state index contributed by atoms with van der Waals surface area (Å²) in [5, 5.41) is 3.20. The Morgan fingerprint density at radius 2 is 1.91 bits per heavy atom. The van der Waals surface area contributed by atoms with Gasteiger partial charge >= 0.3 is 0 Å². The van der Waals surface area contributed by atoms with Crippen molar-refractivity contribution in [3.05, 3.63) is 47.4 Å². The molecule has 0 radical (unpaired) electrons. The van der Waals surface area contributed by atoms with Gasteiger partial charge in [0.2, 0.25) is 0 Å². The zero-order valence-electron chi connectivity index (χ0n) is 18.7. The molecule has 4 rings (SSSR count). The van der Waals surface area contributed by atoms with E-state index in [1.807, 2.05) is 6.07 Å². The van der Waals surface area contributed by atoms with Gasteiger partial charge in [0.25, 0.3) is 11.8 Å². The van der Waals surface area contributed by atoms with Crippen molar-refractivity contribution in [2.75, 3.05) is 11.2 Å². The van der Waals surface area contributed by atoms with Crippen molar-refractivity contribution in [2.45, 2.75) is 68.2 Å². The normalized spacial score (nSPS) is 22.8. The number of fused-ring (bicyclic) bond motifs is 2. The highest BCUT2D eigenvalue weighted by Gasteiger charge is 2.43. The second-order valence-electron chi connectivity index (χ2n) is 9.26. The van der Waals surface area contributed by atoms with Gasteiger partial charge in [0.05, 0.1) is 9.92 Å². The van der Waals surface area contributed by atoms with Crippen LogP contribution in [0.25, 0.3) is 0 Å². The molecule has 10 heteroatoms. The van der Waals surface area contributed by atoms with Gasteiger partial charge in [-0.2, -0.15) is 0 Å². The third kappa shape index (κ3) is 5.09. The Morgan fingerprint density at radius 3 is 2.52 bits per heavy atom. The monoisotopic (exact) mass is 495 g/mol. The molecule has 33 heavy (non-hydrogen) atoms. The van der Waals surface area contributed by atoms with E-state index in [-0.39, 0.29) is 34.9 Å². The predicted molar refractivity (Wildman–Crippen MR) is 124 cm³/mol. The van der Waals surface area contributed by atoms with Crippen LogP contribution < -0.4 is 15.0 Å². The van der Waals surface area contributed by atoms with Crippen molar-refractivity contribution in [3.63, 3.8) is 0 Å². The number of carbonyl (C=O) groups excluding carboxylic acids is 1. The van der Waals surface area contributed by atoms with E-state index >= 15 is 0 Å². The Morgan fingerprint density at radius 1 is 1.24 bits per heavy atom. The molecule has 1 amide bonds. The second kappa shape index (κ2) is 8.76. The molecule has 2 aliphatic heterocycles. The van der Waals surface area contributed by atoms with Crippen molar-refractivity contribution in [1.82, 2.24) is 10.3 Å². The average molecular weight is 496 g/mol. The lowest BCUT2D eigenvalue weighted by atomic mass is 9.95. The maximum atomic E-state index is 14.1. The predicted octanol–water partition coefficient (Wildman–Crippen LogP) is 3.75. The number of rotatable bonds is 6. The first kappa shape index (κ1) is 23.8. The maximum Gasteiger partial charge on any atom is 0.263 e. The van der Waals surface area contributed by atoms with Crippen LogP contribution in [-0.2, 0) is 14.6 Å². The highest BCUT2D eigenvalue weighted by atomic mass is 35.5. The van der Waals surface area contributed by atoms with E-state index in [0.29, 0.717) is 4.90 Å². The summed E-state index contributed by atoms with van der Waals surface area (Å²) in [5.41, 5.74) is -0.440. The van der Waals surface area contributed by atoms with Gasteiger partial charge in [-0.25, -0.2) is 17.8 Å². The SMILES string of the molecule is CC(C)(Oc1ncc(Cl)cc1F)C(=O)N[C@H]1C[C@H]2CC[C@@H](C1)N2c1cccc(S(C)(=O)=O)c1. The molecule has 2 aliphatic rings. The van der Waals surface area contributed by atoms with Crippen LogP contribution in [0.4, 0.5) is 10.1 Å². The molecule has 7 nitrogen and oxygen atoms in total. The standard InChI is InChI=1S/C23H27ClFN3O4S/c1-23(2,32-21-20(25)9-14(24)13-26-21)22(29)27-15-10-17-7-8-18(11-15)28(17)16-5-4-6-19(12-16)33(3,30)31/h4-6,9,12-13,15,17-18H,7-8,10-11H2,1-3H3,(H,27,29)/t15-,17+,18-. The number of carbonyl (C=O) groups is 1. The lowest BCUT2D eigenvalue weighted by molar-refractivity contribution is -0.135. The molecule has 1 aromatic heterocycles. The summed E-state index contributed by atoms with van der Waals surface area (Å²) in [6.45, 7) is 3.14. The molecule has 0 spiro atoms. The number of nitrogens with zero attached hydrogens (tertiary/aromatic N) is 2. The maximum absolute atomic E-state index is 14.1. The molecule has 178 valence electrons. The van der Waals surface area contributed by atoms with Crippen LogP contribution in [0.5, 0.6) is 5.88 Å². The molecule has 3 atom stereocenters. The van der Waals surface area contributed by atoms with Gasteiger partial charge in [-0.05, 0) is 63.8 Å². The van der Waals surface area contributed by atoms with Gasteiger partial charge in [-0.15, -0.1) is 0 Å². The summed E-state index contributed by atoms with van der Waals surface area (Å²) in [7, 11) is -3.29. The van der Waals surface area contributed by atoms with Crippen molar-refractivity contribution in [2.24, 2.45) is 0 Å². The molecule has 2 saturated heterocycles. The van der Waals surface area contributed by atoms with Crippen LogP contribution >= 0.6 is 11.6 Å². The molecular weight excluding hydrogens is 469 g/mol. The van der Waals surface area contributed by atoms with Crippen molar-refractivity contribution in [1.29, 1.82) is 0 Å². The third-order valence-corrected chi connectivity index (χ3v) is 7.60. The number of sulfone groups is 1. The number of nitrogens with one attached hydrogen (secondary N) is 1. The topological polar surface area (TPSA) is 88.6 Å². The summed E-state index contributed by atoms with van der Waals surface area (Å²) in [5.74, 6) is -1.36. The molecule has 0 unspecified atom stereocenters. The molecule has 2 bridgehead atoms. The molecule has 3 heterocycles. The number of amides is 1. The first-order chi connectivity index (χ1) is 15.4. The van der Waals surface area contributed by atoms with Crippen LogP contribution in [0.1, 0.15) is 39.5 Å². The minimum Gasteiger partial charge on any atom is -0.459 e. The van der Waals surface area contributed by atoms with E-state index < -0.39 is 21.3 Å². The first-order valence-electron chi connectivity index (χ1n) is 10.8. The first-order valence-corrected chi connectivity index (χ1v) is 13.1. The van der Waals surface area contributed by atoms with Crippen LogP contribution in [-0.4, -0.2) is 49.3 Å². The summed E-state index contributed by atoms with van der Waals surface area (Å²) in [6.07, 6.45) is 5.88. The summed E-state index contributed by atoms with van der Waals surface area (Å²) in [4.78, 5) is 19.4. The summed E-state index contributed by atoms with van der Waals surface area (Å²) in [6, 6.07) is 8.45. The minimum atomic E-state index is -3.29. The molecule has 0 saturated carbocycles. The average Bonchev–Trinajstić information content (AvgIpc) is 3.00. The van der Waals surface area contributed by atoms with Crippen LogP contribution in [0.15, 0.2) is 41.4 Å². The molecule has 1 aromatic carbocycles. The van der Waals surface area contributed by atoms with E-state index in [1.54, 1.807) is 32.0 Å². The van der Waals surface area contributed by atoms with E-state index in [1.165, 1.54) is 12.5 Å². The Kier molecular flexibility index (Phi) is 6.30. The number of anilines is 1. The van der Waals surface area contributed by atoms with Crippen molar-refractivity contribution >= 4 is 33.0 Å². The number of hydrogen-bond acceptors (Lipinski definition) is 6. The lowest BCUT2D eigenvalue weighted by Gasteiger charge is -2.41. The number of piperidine rings is 1. The lowest BCUT2D eigenvalue weighted by Crippen LogP contribution is -2.55. The van der Waals surface area contributed by atoms with Crippen molar-refractivity contribution < 1.29 is 22.3 Å². The van der Waals surface area contributed by atoms with E-state index in [2.05, 4.69) is 15.2 Å². The summed E-state index contributed by atoms with van der Waals surface area (Å²) < 4.78 is 43.6. The van der Waals surface area contributed by atoms with Crippen molar-refractivity contribution in [3.8, 4) is 5.88 Å². The second-order valence-corrected chi connectivity index (χ2v) is 11.7.